The fraction of sp³-hybridized carbons (Fsp3) is 0.562. The molecule has 0 aromatic heterocycles. The van der Waals surface area contributed by atoms with E-state index in [1.807, 2.05) is 0 Å². The molecule has 1 fully saturated rings. The van der Waals surface area contributed by atoms with Crippen molar-refractivity contribution in [1.82, 2.24) is 10.2 Å². The minimum atomic E-state index is -0.205. The van der Waals surface area contributed by atoms with E-state index >= 15 is 0 Å². The van der Waals surface area contributed by atoms with Crippen LogP contribution in [0.5, 0.6) is 0 Å². The lowest BCUT2D eigenvalue weighted by atomic mass is 9.97. The van der Waals surface area contributed by atoms with Crippen LogP contribution in [0.4, 0.5) is 4.39 Å². The normalized spacial score (nSPS) is 19.8. The molecule has 0 spiro atoms. The Morgan fingerprint density at radius 1 is 1.40 bits per heavy atom. The highest BCUT2D eigenvalue weighted by atomic mass is 19.1. The van der Waals surface area contributed by atoms with E-state index in [1.165, 1.54) is 12.1 Å². The minimum Gasteiger partial charge on any atom is -0.356 e. The fourth-order valence-electron chi connectivity index (χ4n) is 2.68. The fourth-order valence-corrected chi connectivity index (χ4v) is 2.68. The molecule has 1 atom stereocenters. The highest BCUT2D eigenvalue weighted by molar-refractivity contribution is 5.78. The van der Waals surface area contributed by atoms with Crippen LogP contribution in [0.25, 0.3) is 0 Å². The van der Waals surface area contributed by atoms with Crippen molar-refractivity contribution in [2.75, 3.05) is 26.7 Å². The zero-order valence-electron chi connectivity index (χ0n) is 12.1. The van der Waals surface area contributed by atoms with Crippen LogP contribution in [-0.2, 0) is 11.2 Å². The van der Waals surface area contributed by atoms with E-state index in [2.05, 4.69) is 17.3 Å². The summed E-state index contributed by atoms with van der Waals surface area (Å²) >= 11 is 0. The first-order valence-corrected chi connectivity index (χ1v) is 7.36. The van der Waals surface area contributed by atoms with Crippen LogP contribution in [0.3, 0.4) is 0 Å². The Hall–Kier alpha value is -1.42. The van der Waals surface area contributed by atoms with Crippen molar-refractivity contribution in [3.8, 4) is 0 Å². The van der Waals surface area contributed by atoms with E-state index in [9.17, 15) is 9.18 Å². The first-order chi connectivity index (χ1) is 9.65. The molecular weight excluding hydrogens is 255 g/mol. The van der Waals surface area contributed by atoms with Crippen LogP contribution in [0.1, 0.15) is 24.8 Å². The topological polar surface area (TPSA) is 32.3 Å². The lowest BCUT2D eigenvalue weighted by Crippen LogP contribution is -2.41. The number of carbonyl (C=O) groups is 1. The Bertz CT molecular complexity index is 433. The molecule has 110 valence electrons. The van der Waals surface area contributed by atoms with E-state index in [4.69, 9.17) is 0 Å². The molecule has 1 aliphatic heterocycles. The molecule has 0 unspecified atom stereocenters. The van der Waals surface area contributed by atoms with Crippen LogP contribution in [0, 0.1) is 11.7 Å². The van der Waals surface area contributed by atoms with Gasteiger partial charge in [0, 0.05) is 13.1 Å². The van der Waals surface area contributed by atoms with Gasteiger partial charge in [-0.05, 0) is 57.0 Å². The molecule has 20 heavy (non-hydrogen) atoms. The molecule has 0 saturated carbocycles. The second-order valence-corrected chi connectivity index (χ2v) is 5.62. The molecule has 1 amide bonds. The Morgan fingerprint density at radius 3 is 2.85 bits per heavy atom. The van der Waals surface area contributed by atoms with Gasteiger partial charge in [0.2, 0.25) is 5.91 Å². The van der Waals surface area contributed by atoms with Gasteiger partial charge in [-0.1, -0.05) is 12.1 Å². The van der Waals surface area contributed by atoms with Crippen molar-refractivity contribution in [3.63, 3.8) is 0 Å². The Morgan fingerprint density at radius 2 is 2.15 bits per heavy atom. The van der Waals surface area contributed by atoms with Crippen molar-refractivity contribution < 1.29 is 9.18 Å². The zero-order valence-corrected chi connectivity index (χ0v) is 12.1. The van der Waals surface area contributed by atoms with Gasteiger partial charge in [0.05, 0.1) is 5.92 Å². The zero-order chi connectivity index (χ0) is 14.4. The number of nitrogens with one attached hydrogen (secondary N) is 1. The van der Waals surface area contributed by atoms with Gasteiger partial charge in [0.1, 0.15) is 5.82 Å². The minimum absolute atomic E-state index is 0.138. The summed E-state index contributed by atoms with van der Waals surface area (Å²) < 4.78 is 12.8. The van der Waals surface area contributed by atoms with Gasteiger partial charge >= 0.3 is 0 Å². The van der Waals surface area contributed by atoms with Crippen molar-refractivity contribution in [2.45, 2.75) is 25.7 Å². The monoisotopic (exact) mass is 278 g/mol. The number of aryl methyl sites for hydroxylation is 1. The smallest absolute Gasteiger partial charge is 0.224 e. The maximum Gasteiger partial charge on any atom is 0.224 e. The molecule has 1 saturated heterocycles. The number of hydrogen-bond donors (Lipinski definition) is 1. The van der Waals surface area contributed by atoms with Crippen LogP contribution in [-0.4, -0.2) is 37.5 Å². The molecule has 1 heterocycles. The molecule has 2 rings (SSSR count). The SMILES string of the molecule is CN1CCC[C@H](C(=O)NCCCc2ccc(F)cc2)C1. The maximum absolute atomic E-state index is 12.8. The number of carbonyl (C=O) groups excluding carboxylic acids is 1. The molecule has 4 heteroatoms. The molecule has 0 bridgehead atoms. The number of nitrogens with zero attached hydrogens (tertiary/aromatic N) is 1. The third-order valence-electron chi connectivity index (χ3n) is 3.85. The summed E-state index contributed by atoms with van der Waals surface area (Å²) in [6.07, 6.45) is 3.85. The average molecular weight is 278 g/mol. The average Bonchev–Trinajstić information content (AvgIpc) is 2.45. The van der Waals surface area contributed by atoms with Gasteiger partial charge in [-0.2, -0.15) is 0 Å². The number of likely N-dealkylation sites (tertiary alicyclic amines) is 1. The highest BCUT2D eigenvalue weighted by Gasteiger charge is 2.23. The second kappa shape index (κ2) is 7.39. The highest BCUT2D eigenvalue weighted by Crippen LogP contribution is 2.15. The molecule has 1 aromatic rings. The molecule has 0 aliphatic carbocycles. The molecule has 1 aliphatic rings. The standard InChI is InChI=1S/C16H23FN2O/c1-19-11-3-5-14(12-19)16(20)18-10-2-4-13-6-8-15(17)9-7-13/h6-9,14H,2-5,10-12H2,1H3,(H,18,20)/t14-/m0/s1. The number of benzene rings is 1. The summed E-state index contributed by atoms with van der Waals surface area (Å²) in [5.41, 5.74) is 1.11. The number of piperidine rings is 1. The van der Waals surface area contributed by atoms with E-state index in [-0.39, 0.29) is 17.6 Å². The van der Waals surface area contributed by atoms with E-state index in [1.54, 1.807) is 12.1 Å². The van der Waals surface area contributed by atoms with E-state index in [0.717, 1.165) is 44.3 Å². The predicted molar refractivity (Wildman–Crippen MR) is 78.0 cm³/mol. The maximum atomic E-state index is 12.8. The third kappa shape index (κ3) is 4.60. The Kier molecular flexibility index (Phi) is 5.53. The van der Waals surface area contributed by atoms with Crippen molar-refractivity contribution in [3.05, 3.63) is 35.6 Å². The van der Waals surface area contributed by atoms with Crippen molar-refractivity contribution in [1.29, 1.82) is 0 Å². The van der Waals surface area contributed by atoms with E-state index < -0.39 is 0 Å². The van der Waals surface area contributed by atoms with Gasteiger partial charge in [0.25, 0.3) is 0 Å². The molecule has 1 aromatic carbocycles. The molecule has 1 N–H and O–H groups in total. The number of hydrogen-bond acceptors (Lipinski definition) is 2. The van der Waals surface area contributed by atoms with Crippen LogP contribution >= 0.6 is 0 Å². The summed E-state index contributed by atoms with van der Waals surface area (Å²) in [6.45, 7) is 2.65. The number of rotatable bonds is 5. The Labute approximate surface area is 120 Å². The number of amides is 1. The van der Waals surface area contributed by atoms with Crippen LogP contribution < -0.4 is 5.32 Å². The first-order valence-electron chi connectivity index (χ1n) is 7.36. The van der Waals surface area contributed by atoms with Gasteiger partial charge in [-0.3, -0.25) is 4.79 Å². The quantitative estimate of drug-likeness (QED) is 0.838. The van der Waals surface area contributed by atoms with Gasteiger partial charge in [-0.15, -0.1) is 0 Å². The summed E-state index contributed by atoms with van der Waals surface area (Å²) in [7, 11) is 2.06. The molecular formula is C16H23FN2O. The predicted octanol–water partition coefficient (Wildman–Crippen LogP) is 2.22. The number of halogens is 1. The van der Waals surface area contributed by atoms with E-state index in [0.29, 0.717) is 6.54 Å². The summed E-state index contributed by atoms with van der Waals surface area (Å²) in [6, 6.07) is 6.55. The summed E-state index contributed by atoms with van der Waals surface area (Å²) in [5.74, 6) is 0.110. The molecule has 3 nitrogen and oxygen atoms in total. The van der Waals surface area contributed by atoms with Gasteiger partial charge in [0.15, 0.2) is 0 Å². The first kappa shape index (κ1) is 15.0. The molecule has 0 radical (unpaired) electrons. The summed E-state index contributed by atoms with van der Waals surface area (Å²) in [4.78, 5) is 14.2. The summed E-state index contributed by atoms with van der Waals surface area (Å²) in [5, 5.41) is 3.01. The Balaban J connectivity index is 1.65. The largest absolute Gasteiger partial charge is 0.356 e. The lowest BCUT2D eigenvalue weighted by molar-refractivity contribution is -0.126. The van der Waals surface area contributed by atoms with Crippen molar-refractivity contribution in [2.24, 2.45) is 5.92 Å². The van der Waals surface area contributed by atoms with Crippen LogP contribution in [0.15, 0.2) is 24.3 Å². The lowest BCUT2D eigenvalue weighted by Gasteiger charge is -2.28. The van der Waals surface area contributed by atoms with Crippen molar-refractivity contribution >= 4 is 5.91 Å². The van der Waals surface area contributed by atoms with Crippen LogP contribution in [0.2, 0.25) is 0 Å². The third-order valence-corrected chi connectivity index (χ3v) is 3.85. The van der Waals surface area contributed by atoms with Gasteiger partial charge < -0.3 is 10.2 Å². The second-order valence-electron chi connectivity index (χ2n) is 5.62. The van der Waals surface area contributed by atoms with Gasteiger partial charge in [-0.25, -0.2) is 4.39 Å².